The number of morpholine rings is 1. The average molecular weight is 302 g/mol. The van der Waals surface area contributed by atoms with E-state index in [1.165, 1.54) is 0 Å². The molecule has 5 heteroatoms. The Morgan fingerprint density at radius 3 is 2.79 bits per heavy atom. The Hall–Kier alpha value is -0.260. The maximum absolute atomic E-state index is 10.0. The summed E-state index contributed by atoms with van der Waals surface area (Å²) < 4.78 is 5.29. The summed E-state index contributed by atoms with van der Waals surface area (Å²) in [5.74, 6) is 1.59. The number of ether oxygens (including phenoxy) is 1. The van der Waals surface area contributed by atoms with Crippen molar-refractivity contribution in [3.63, 3.8) is 0 Å². The van der Waals surface area contributed by atoms with Crippen LogP contribution in [0.3, 0.4) is 0 Å². The molecule has 0 unspecified atom stereocenters. The summed E-state index contributed by atoms with van der Waals surface area (Å²) in [6, 6.07) is 7.86. The number of β-amino-alcohol motifs (C(OH)–C–C–N with tert-alkyl or cyclic N) is 1. The largest absolute Gasteiger partial charge is 0.391 e. The fourth-order valence-electron chi connectivity index (χ4n) is 2.05. The average Bonchev–Trinajstić information content (AvgIpc) is 2.42. The van der Waals surface area contributed by atoms with Gasteiger partial charge in [-0.3, -0.25) is 4.90 Å². The molecule has 1 aromatic carbocycles. The van der Waals surface area contributed by atoms with Crippen LogP contribution >= 0.6 is 23.4 Å². The Morgan fingerprint density at radius 1 is 1.32 bits per heavy atom. The molecule has 0 saturated carbocycles. The molecule has 1 N–H and O–H groups in total. The normalized spacial score (nSPS) is 18.4. The molecule has 106 valence electrons. The van der Waals surface area contributed by atoms with Crippen molar-refractivity contribution in [2.24, 2.45) is 0 Å². The number of benzene rings is 1. The molecule has 1 fully saturated rings. The molecular formula is C14H20ClNO2S. The van der Waals surface area contributed by atoms with E-state index in [1.54, 1.807) is 11.8 Å². The molecule has 0 aliphatic carbocycles. The van der Waals surface area contributed by atoms with Crippen LogP contribution in [-0.2, 0) is 10.5 Å². The van der Waals surface area contributed by atoms with Gasteiger partial charge in [0, 0.05) is 36.2 Å². The van der Waals surface area contributed by atoms with Crippen LogP contribution in [0.5, 0.6) is 0 Å². The van der Waals surface area contributed by atoms with Crippen LogP contribution in [0.15, 0.2) is 24.3 Å². The first-order valence-corrected chi connectivity index (χ1v) is 8.08. The summed E-state index contributed by atoms with van der Waals surface area (Å²) in [7, 11) is 0. The molecule has 1 aliphatic heterocycles. The van der Waals surface area contributed by atoms with Crippen LogP contribution in [0, 0.1) is 0 Å². The van der Waals surface area contributed by atoms with Crippen LogP contribution in [0.25, 0.3) is 0 Å². The molecule has 0 spiro atoms. The third kappa shape index (κ3) is 5.32. The lowest BCUT2D eigenvalue weighted by Crippen LogP contribution is -2.41. The van der Waals surface area contributed by atoms with Crippen molar-refractivity contribution in [1.29, 1.82) is 0 Å². The molecule has 0 aromatic heterocycles. The summed E-state index contributed by atoms with van der Waals surface area (Å²) >= 11 is 7.82. The highest BCUT2D eigenvalue weighted by molar-refractivity contribution is 7.98. The number of rotatable bonds is 6. The zero-order valence-corrected chi connectivity index (χ0v) is 12.5. The SMILES string of the molecule is O[C@@H](CSCc1ccccc1Cl)CN1CCOCC1. The summed E-state index contributed by atoms with van der Waals surface area (Å²) in [5.41, 5.74) is 1.13. The topological polar surface area (TPSA) is 32.7 Å². The van der Waals surface area contributed by atoms with Gasteiger partial charge in [0.1, 0.15) is 0 Å². The Labute approximate surface area is 123 Å². The number of hydrogen-bond acceptors (Lipinski definition) is 4. The third-order valence-corrected chi connectivity index (χ3v) is 4.60. The van der Waals surface area contributed by atoms with Gasteiger partial charge in [-0.15, -0.1) is 0 Å². The van der Waals surface area contributed by atoms with E-state index in [0.717, 1.165) is 54.9 Å². The molecule has 1 heterocycles. The van der Waals surface area contributed by atoms with E-state index in [9.17, 15) is 5.11 Å². The van der Waals surface area contributed by atoms with E-state index >= 15 is 0 Å². The van der Waals surface area contributed by atoms with Crippen molar-refractivity contribution in [2.45, 2.75) is 11.9 Å². The van der Waals surface area contributed by atoms with Crippen molar-refractivity contribution in [3.05, 3.63) is 34.9 Å². The highest BCUT2D eigenvalue weighted by Gasteiger charge is 2.14. The monoisotopic (exact) mass is 301 g/mol. The summed E-state index contributed by atoms with van der Waals surface area (Å²) in [4.78, 5) is 2.25. The summed E-state index contributed by atoms with van der Waals surface area (Å²) in [6.45, 7) is 4.14. The zero-order chi connectivity index (χ0) is 13.5. The second kappa shape index (κ2) is 8.12. The Morgan fingerprint density at radius 2 is 2.05 bits per heavy atom. The number of thioether (sulfide) groups is 1. The molecule has 1 saturated heterocycles. The highest BCUT2D eigenvalue weighted by atomic mass is 35.5. The third-order valence-electron chi connectivity index (χ3n) is 3.10. The van der Waals surface area contributed by atoms with E-state index in [1.807, 2.05) is 24.3 Å². The number of aliphatic hydroxyl groups excluding tert-OH is 1. The fourth-order valence-corrected chi connectivity index (χ4v) is 3.30. The van der Waals surface area contributed by atoms with Crippen LogP contribution in [-0.4, -0.2) is 54.7 Å². The van der Waals surface area contributed by atoms with Crippen LogP contribution in [0.1, 0.15) is 5.56 Å². The minimum atomic E-state index is -0.286. The minimum absolute atomic E-state index is 0.286. The smallest absolute Gasteiger partial charge is 0.0757 e. The van der Waals surface area contributed by atoms with E-state index in [-0.39, 0.29) is 6.10 Å². The molecule has 0 bridgehead atoms. The molecule has 0 amide bonds. The van der Waals surface area contributed by atoms with Crippen molar-refractivity contribution in [1.82, 2.24) is 4.90 Å². The van der Waals surface area contributed by atoms with Gasteiger partial charge in [-0.25, -0.2) is 0 Å². The van der Waals surface area contributed by atoms with Gasteiger partial charge in [0.05, 0.1) is 19.3 Å². The van der Waals surface area contributed by atoms with Gasteiger partial charge >= 0.3 is 0 Å². The molecule has 0 radical (unpaired) electrons. The van der Waals surface area contributed by atoms with Crippen molar-refractivity contribution >= 4 is 23.4 Å². The molecule has 3 nitrogen and oxygen atoms in total. The Balaban J connectivity index is 1.66. The molecule has 1 aliphatic rings. The Bertz CT molecular complexity index is 385. The standard InChI is InChI=1S/C14H20ClNO2S/c15-14-4-2-1-3-12(14)10-19-11-13(17)9-16-5-7-18-8-6-16/h1-4,13,17H,5-11H2/t13-/m1/s1. The second-order valence-electron chi connectivity index (χ2n) is 4.67. The number of nitrogens with zero attached hydrogens (tertiary/aromatic N) is 1. The first-order chi connectivity index (χ1) is 9.25. The van der Waals surface area contributed by atoms with Gasteiger partial charge in [0.2, 0.25) is 0 Å². The molecule has 2 rings (SSSR count). The second-order valence-corrected chi connectivity index (χ2v) is 6.11. The van der Waals surface area contributed by atoms with Crippen molar-refractivity contribution in [2.75, 3.05) is 38.6 Å². The van der Waals surface area contributed by atoms with E-state index < -0.39 is 0 Å². The number of aliphatic hydroxyl groups is 1. The van der Waals surface area contributed by atoms with Gasteiger partial charge in [-0.1, -0.05) is 29.8 Å². The predicted octanol–water partition coefficient (Wildman–Crippen LogP) is 2.27. The first kappa shape index (κ1) is 15.1. The lowest BCUT2D eigenvalue weighted by atomic mass is 10.2. The van der Waals surface area contributed by atoms with Gasteiger partial charge in [0.25, 0.3) is 0 Å². The minimum Gasteiger partial charge on any atom is -0.391 e. The zero-order valence-electron chi connectivity index (χ0n) is 10.9. The van der Waals surface area contributed by atoms with Crippen LogP contribution < -0.4 is 0 Å². The van der Waals surface area contributed by atoms with Crippen LogP contribution in [0.4, 0.5) is 0 Å². The molecule has 1 atom stereocenters. The van der Waals surface area contributed by atoms with Gasteiger partial charge < -0.3 is 9.84 Å². The van der Waals surface area contributed by atoms with Gasteiger partial charge in [-0.2, -0.15) is 11.8 Å². The quantitative estimate of drug-likeness (QED) is 0.874. The van der Waals surface area contributed by atoms with Crippen molar-refractivity contribution in [3.8, 4) is 0 Å². The molecule has 19 heavy (non-hydrogen) atoms. The van der Waals surface area contributed by atoms with E-state index in [2.05, 4.69) is 4.90 Å². The molecule has 1 aromatic rings. The lowest BCUT2D eigenvalue weighted by molar-refractivity contribution is 0.0188. The maximum atomic E-state index is 10.0. The maximum Gasteiger partial charge on any atom is 0.0757 e. The molecular weight excluding hydrogens is 282 g/mol. The summed E-state index contributed by atoms with van der Waals surface area (Å²) in [6.07, 6.45) is -0.286. The fraction of sp³-hybridized carbons (Fsp3) is 0.571. The first-order valence-electron chi connectivity index (χ1n) is 6.55. The van der Waals surface area contributed by atoms with Crippen molar-refractivity contribution < 1.29 is 9.84 Å². The number of hydrogen-bond donors (Lipinski definition) is 1. The predicted molar refractivity (Wildman–Crippen MR) is 80.9 cm³/mol. The lowest BCUT2D eigenvalue weighted by Gasteiger charge is -2.28. The highest BCUT2D eigenvalue weighted by Crippen LogP contribution is 2.21. The summed E-state index contributed by atoms with van der Waals surface area (Å²) in [5, 5.41) is 10.8. The van der Waals surface area contributed by atoms with E-state index in [0.29, 0.717) is 0 Å². The van der Waals surface area contributed by atoms with E-state index in [4.69, 9.17) is 16.3 Å². The van der Waals surface area contributed by atoms with Gasteiger partial charge in [0.15, 0.2) is 0 Å². The number of halogens is 1. The Kier molecular flexibility index (Phi) is 6.47. The van der Waals surface area contributed by atoms with Crippen LogP contribution in [0.2, 0.25) is 5.02 Å². The van der Waals surface area contributed by atoms with Gasteiger partial charge in [-0.05, 0) is 11.6 Å².